The van der Waals surface area contributed by atoms with Crippen LogP contribution in [0.4, 0.5) is 5.69 Å². The molecular formula is C18H25N3. The van der Waals surface area contributed by atoms with Crippen molar-refractivity contribution in [3.8, 4) is 0 Å². The largest absolute Gasteiger partial charge is 0.399 e. The number of pyridine rings is 1. The molecule has 0 bridgehead atoms. The zero-order chi connectivity index (χ0) is 15.1. The molecule has 112 valence electrons. The summed E-state index contributed by atoms with van der Waals surface area (Å²) in [7, 11) is 2.18. The first-order chi connectivity index (χ1) is 10.1. The van der Waals surface area contributed by atoms with Crippen LogP contribution in [0.15, 0.2) is 48.7 Å². The molecule has 0 spiro atoms. The highest BCUT2D eigenvalue weighted by atomic mass is 15.1. The van der Waals surface area contributed by atoms with Crippen LogP contribution in [0, 0.1) is 0 Å². The first kappa shape index (κ1) is 15.5. The van der Waals surface area contributed by atoms with Crippen LogP contribution < -0.4 is 5.73 Å². The summed E-state index contributed by atoms with van der Waals surface area (Å²) in [4.78, 5) is 6.74. The number of nitrogens with zero attached hydrogens (tertiary/aromatic N) is 2. The number of anilines is 1. The summed E-state index contributed by atoms with van der Waals surface area (Å²) in [5.41, 5.74) is 9.09. The molecule has 0 aliphatic rings. The molecule has 2 N–H and O–H groups in total. The van der Waals surface area contributed by atoms with Crippen molar-refractivity contribution in [2.45, 2.75) is 25.7 Å². The molecule has 0 saturated heterocycles. The fourth-order valence-electron chi connectivity index (χ4n) is 2.37. The molecule has 1 aromatic carbocycles. The van der Waals surface area contributed by atoms with Crippen molar-refractivity contribution in [3.63, 3.8) is 0 Å². The van der Waals surface area contributed by atoms with Crippen LogP contribution in [0.25, 0.3) is 0 Å². The van der Waals surface area contributed by atoms with Crippen molar-refractivity contribution in [1.29, 1.82) is 0 Å². The van der Waals surface area contributed by atoms with E-state index in [1.54, 1.807) is 0 Å². The monoisotopic (exact) mass is 283 g/mol. The van der Waals surface area contributed by atoms with E-state index in [1.165, 1.54) is 5.56 Å². The summed E-state index contributed by atoms with van der Waals surface area (Å²) in [6, 6.07) is 14.3. The van der Waals surface area contributed by atoms with Gasteiger partial charge in [0.25, 0.3) is 0 Å². The highest BCUT2D eigenvalue weighted by Crippen LogP contribution is 2.20. The van der Waals surface area contributed by atoms with Gasteiger partial charge in [-0.2, -0.15) is 0 Å². The number of nitrogen functional groups attached to an aromatic ring is 1. The van der Waals surface area contributed by atoms with Gasteiger partial charge in [-0.3, -0.25) is 4.98 Å². The molecule has 0 aliphatic carbocycles. The average Bonchev–Trinajstić information content (AvgIpc) is 2.52. The van der Waals surface area contributed by atoms with Crippen molar-refractivity contribution < 1.29 is 0 Å². The number of nitrogens with two attached hydrogens (primary N) is 1. The maximum absolute atomic E-state index is 5.73. The quantitative estimate of drug-likeness (QED) is 0.793. The first-order valence-electron chi connectivity index (χ1n) is 7.59. The van der Waals surface area contributed by atoms with Gasteiger partial charge in [0.1, 0.15) is 0 Å². The molecule has 0 amide bonds. The van der Waals surface area contributed by atoms with Gasteiger partial charge in [-0.1, -0.05) is 25.1 Å². The summed E-state index contributed by atoms with van der Waals surface area (Å²) >= 11 is 0. The van der Waals surface area contributed by atoms with Crippen molar-refractivity contribution in [3.05, 3.63) is 59.9 Å². The van der Waals surface area contributed by atoms with Crippen LogP contribution in [0.1, 0.15) is 30.5 Å². The summed E-state index contributed by atoms with van der Waals surface area (Å²) in [5, 5.41) is 0. The fourth-order valence-corrected chi connectivity index (χ4v) is 2.37. The third kappa shape index (κ3) is 5.20. The predicted octanol–water partition coefficient (Wildman–Crippen LogP) is 3.33. The van der Waals surface area contributed by atoms with Crippen molar-refractivity contribution in [2.24, 2.45) is 0 Å². The first-order valence-corrected chi connectivity index (χ1v) is 7.59. The van der Waals surface area contributed by atoms with Gasteiger partial charge in [-0.05, 0) is 55.8 Å². The Hall–Kier alpha value is -1.87. The molecule has 0 aliphatic heterocycles. The topological polar surface area (TPSA) is 42.2 Å². The zero-order valence-corrected chi connectivity index (χ0v) is 13.0. The molecule has 3 heteroatoms. The van der Waals surface area contributed by atoms with Gasteiger partial charge in [0.05, 0.1) is 0 Å². The normalized spacial score (nSPS) is 12.5. The Morgan fingerprint density at radius 3 is 2.52 bits per heavy atom. The van der Waals surface area contributed by atoms with Crippen LogP contribution >= 0.6 is 0 Å². The van der Waals surface area contributed by atoms with E-state index >= 15 is 0 Å². The molecule has 21 heavy (non-hydrogen) atoms. The van der Waals surface area contributed by atoms with E-state index in [0.29, 0.717) is 5.92 Å². The van der Waals surface area contributed by atoms with E-state index in [1.807, 2.05) is 30.5 Å². The van der Waals surface area contributed by atoms with E-state index in [2.05, 4.69) is 42.1 Å². The van der Waals surface area contributed by atoms with Gasteiger partial charge in [-0.25, -0.2) is 0 Å². The van der Waals surface area contributed by atoms with Gasteiger partial charge in [-0.15, -0.1) is 0 Å². The van der Waals surface area contributed by atoms with Crippen LogP contribution in [-0.4, -0.2) is 30.0 Å². The smallest absolute Gasteiger partial charge is 0.0416 e. The van der Waals surface area contributed by atoms with Crippen LogP contribution in [0.3, 0.4) is 0 Å². The molecule has 3 nitrogen and oxygen atoms in total. The lowest BCUT2D eigenvalue weighted by atomic mass is 9.97. The summed E-state index contributed by atoms with van der Waals surface area (Å²) in [6.07, 6.45) is 4.02. The van der Waals surface area contributed by atoms with Gasteiger partial charge in [0, 0.05) is 30.5 Å². The molecule has 1 heterocycles. The van der Waals surface area contributed by atoms with Crippen LogP contribution in [0.2, 0.25) is 0 Å². The summed E-state index contributed by atoms with van der Waals surface area (Å²) in [5.74, 6) is 0.558. The van der Waals surface area contributed by atoms with Crippen molar-refractivity contribution in [2.75, 3.05) is 25.9 Å². The van der Waals surface area contributed by atoms with E-state index in [4.69, 9.17) is 5.73 Å². The Kier molecular flexibility index (Phi) is 5.76. The van der Waals surface area contributed by atoms with E-state index in [9.17, 15) is 0 Å². The number of rotatable bonds is 7. The minimum atomic E-state index is 0.558. The Labute approximate surface area is 127 Å². The van der Waals surface area contributed by atoms with E-state index in [-0.39, 0.29) is 0 Å². The minimum absolute atomic E-state index is 0.558. The number of hydrogen-bond acceptors (Lipinski definition) is 3. The third-order valence-electron chi connectivity index (χ3n) is 3.93. The third-order valence-corrected chi connectivity index (χ3v) is 3.93. The summed E-state index contributed by atoms with van der Waals surface area (Å²) in [6.45, 7) is 4.42. The predicted molar refractivity (Wildman–Crippen MR) is 89.3 cm³/mol. The number of hydrogen-bond donors (Lipinski definition) is 1. The standard InChI is InChI=1S/C18H25N3/c1-15(16-6-8-17(19)9-7-16)10-13-21(2)14-11-18-5-3-4-12-20-18/h3-9,12,15H,10-11,13-14,19H2,1-2H3. The molecule has 2 rings (SSSR count). The fraction of sp³-hybridized carbons (Fsp3) is 0.389. The molecular weight excluding hydrogens is 258 g/mol. The molecule has 1 aromatic heterocycles. The highest BCUT2D eigenvalue weighted by molar-refractivity contribution is 5.40. The molecule has 1 atom stereocenters. The molecule has 1 unspecified atom stereocenters. The lowest BCUT2D eigenvalue weighted by Gasteiger charge is -2.19. The SMILES string of the molecule is CC(CCN(C)CCc1ccccn1)c1ccc(N)cc1. The molecule has 0 radical (unpaired) electrons. The Morgan fingerprint density at radius 1 is 1.10 bits per heavy atom. The van der Waals surface area contributed by atoms with Gasteiger partial charge < -0.3 is 10.6 Å². The maximum atomic E-state index is 5.73. The zero-order valence-electron chi connectivity index (χ0n) is 13.0. The van der Waals surface area contributed by atoms with Gasteiger partial charge in [0.15, 0.2) is 0 Å². The second-order valence-electron chi connectivity index (χ2n) is 5.73. The Bertz CT molecular complexity index is 522. The second-order valence-corrected chi connectivity index (χ2v) is 5.73. The van der Waals surface area contributed by atoms with E-state index in [0.717, 1.165) is 37.3 Å². The second kappa shape index (κ2) is 7.79. The summed E-state index contributed by atoms with van der Waals surface area (Å²) < 4.78 is 0. The van der Waals surface area contributed by atoms with Crippen LogP contribution in [-0.2, 0) is 6.42 Å². The highest BCUT2D eigenvalue weighted by Gasteiger charge is 2.07. The van der Waals surface area contributed by atoms with Crippen molar-refractivity contribution in [1.82, 2.24) is 9.88 Å². The van der Waals surface area contributed by atoms with Gasteiger partial charge >= 0.3 is 0 Å². The lowest BCUT2D eigenvalue weighted by molar-refractivity contribution is 0.323. The average molecular weight is 283 g/mol. The molecule has 0 saturated carbocycles. The van der Waals surface area contributed by atoms with E-state index < -0.39 is 0 Å². The molecule has 0 fully saturated rings. The Morgan fingerprint density at radius 2 is 1.86 bits per heavy atom. The number of benzene rings is 1. The lowest BCUT2D eigenvalue weighted by Crippen LogP contribution is -2.23. The maximum Gasteiger partial charge on any atom is 0.0416 e. The van der Waals surface area contributed by atoms with Crippen molar-refractivity contribution >= 4 is 5.69 Å². The molecule has 2 aromatic rings. The van der Waals surface area contributed by atoms with Crippen LogP contribution in [0.5, 0.6) is 0 Å². The number of likely N-dealkylation sites (N-methyl/N-ethyl adjacent to an activating group) is 1. The minimum Gasteiger partial charge on any atom is -0.399 e. The van der Waals surface area contributed by atoms with Gasteiger partial charge in [0.2, 0.25) is 0 Å². The number of aromatic nitrogens is 1. The Balaban J connectivity index is 1.73.